The van der Waals surface area contributed by atoms with Crippen molar-refractivity contribution >= 4 is 27.4 Å². The van der Waals surface area contributed by atoms with Crippen molar-refractivity contribution in [1.29, 1.82) is 0 Å². The number of pyridine rings is 1. The van der Waals surface area contributed by atoms with Crippen LogP contribution in [-0.2, 0) is 4.74 Å². The summed E-state index contributed by atoms with van der Waals surface area (Å²) < 4.78 is 8.54. The smallest absolute Gasteiger partial charge is 0.336 e. The van der Waals surface area contributed by atoms with E-state index in [0.717, 1.165) is 54.0 Å². The normalized spacial score (nSPS) is 16.4. The van der Waals surface area contributed by atoms with Gasteiger partial charge in [0, 0.05) is 35.0 Å². The van der Waals surface area contributed by atoms with E-state index in [1.807, 2.05) is 33.0 Å². The average Bonchev–Trinajstić information content (AvgIpc) is 2.99. The molecule has 0 amide bonds. The van der Waals surface area contributed by atoms with Crippen molar-refractivity contribution in [2.24, 2.45) is 0 Å². The number of halogens is 1. The van der Waals surface area contributed by atoms with Gasteiger partial charge in [-0.15, -0.1) is 0 Å². The second-order valence-electron chi connectivity index (χ2n) is 5.90. The first-order chi connectivity index (χ1) is 12.0. The van der Waals surface area contributed by atoms with Crippen LogP contribution >= 0.6 is 15.9 Å². The molecule has 138 valence electrons. The van der Waals surface area contributed by atoms with E-state index in [-0.39, 0.29) is 6.04 Å². The highest BCUT2D eigenvalue weighted by molar-refractivity contribution is 9.10. The molecule has 1 N–H and O–H groups in total. The Balaban J connectivity index is 0.00000109. The lowest BCUT2D eigenvalue weighted by Gasteiger charge is -2.35. The van der Waals surface area contributed by atoms with Crippen molar-refractivity contribution in [3.8, 4) is 0 Å². The van der Waals surface area contributed by atoms with E-state index in [2.05, 4.69) is 32.2 Å². The van der Waals surface area contributed by atoms with Crippen LogP contribution in [0.25, 0.3) is 5.52 Å². The van der Waals surface area contributed by atoms with Crippen LogP contribution < -0.4 is 0 Å². The molecule has 1 fully saturated rings. The number of aromatic nitrogens is 1. The molecule has 5 nitrogen and oxygen atoms in total. The summed E-state index contributed by atoms with van der Waals surface area (Å²) >= 11 is 3.51. The molecule has 0 radical (unpaired) electrons. The Kier molecular flexibility index (Phi) is 7.04. The summed E-state index contributed by atoms with van der Waals surface area (Å²) in [5.74, 6) is -0.875. The lowest BCUT2D eigenvalue weighted by Crippen LogP contribution is -2.39. The van der Waals surface area contributed by atoms with Crippen LogP contribution in [0.1, 0.15) is 54.8 Å². The highest BCUT2D eigenvalue weighted by atomic mass is 79.9. The van der Waals surface area contributed by atoms with Crippen LogP contribution in [0.2, 0.25) is 0 Å². The molecule has 0 aromatic carbocycles. The number of fused-ring (bicyclic) bond motifs is 1. The molecule has 0 spiro atoms. The molecular formula is C19H27BrN2O3. The number of morpholine rings is 1. The molecule has 1 saturated heterocycles. The predicted octanol–water partition coefficient (Wildman–Crippen LogP) is 4.52. The minimum atomic E-state index is -0.875. The van der Waals surface area contributed by atoms with Crippen molar-refractivity contribution in [3.63, 3.8) is 0 Å². The maximum absolute atomic E-state index is 11.7. The third-order valence-corrected chi connectivity index (χ3v) is 5.01. The lowest BCUT2D eigenvalue weighted by molar-refractivity contribution is 0.0139. The van der Waals surface area contributed by atoms with Crippen LogP contribution in [0.5, 0.6) is 0 Å². The highest BCUT2D eigenvalue weighted by Gasteiger charge is 2.27. The Labute approximate surface area is 157 Å². The molecule has 0 bridgehead atoms. The maximum Gasteiger partial charge on any atom is 0.336 e. The second-order valence-corrected chi connectivity index (χ2v) is 6.81. The van der Waals surface area contributed by atoms with Crippen LogP contribution in [0.4, 0.5) is 0 Å². The quantitative estimate of drug-likeness (QED) is 0.804. The first kappa shape index (κ1) is 19.9. The van der Waals surface area contributed by atoms with Gasteiger partial charge in [0.1, 0.15) is 0 Å². The van der Waals surface area contributed by atoms with Gasteiger partial charge in [-0.05, 0) is 47.0 Å². The van der Waals surface area contributed by atoms with Crippen molar-refractivity contribution < 1.29 is 14.6 Å². The van der Waals surface area contributed by atoms with Crippen molar-refractivity contribution in [3.05, 3.63) is 39.6 Å². The number of aromatic carboxylic acids is 1. The SMILES string of the molecule is CC.CCC(c1c(C)c(C(=O)O)cc2cc(Br)cn12)N1CCOCC1. The number of rotatable bonds is 4. The molecule has 3 heterocycles. The molecule has 3 rings (SSSR count). The number of carboxylic acids is 1. The average molecular weight is 411 g/mol. The van der Waals surface area contributed by atoms with Crippen LogP contribution in [0, 0.1) is 6.92 Å². The fourth-order valence-electron chi connectivity index (χ4n) is 3.49. The Morgan fingerprint density at radius 1 is 1.32 bits per heavy atom. The largest absolute Gasteiger partial charge is 0.478 e. The molecule has 1 aliphatic rings. The number of carbonyl (C=O) groups is 1. The molecule has 0 saturated carbocycles. The van der Waals surface area contributed by atoms with Gasteiger partial charge in [0.15, 0.2) is 0 Å². The lowest BCUT2D eigenvalue weighted by atomic mass is 9.98. The molecule has 1 unspecified atom stereocenters. The summed E-state index contributed by atoms with van der Waals surface area (Å²) in [4.78, 5) is 14.1. The standard InChI is InChI=1S/C17H21BrN2O3.C2H6/c1-3-15(19-4-6-23-7-5-19)16-11(2)14(17(21)22)9-13-8-12(18)10-20(13)16;1-2/h8-10,15H,3-7H2,1-2H3,(H,21,22);1-2H3. The fraction of sp³-hybridized carbons (Fsp3) is 0.526. The summed E-state index contributed by atoms with van der Waals surface area (Å²) in [5, 5.41) is 9.57. The van der Waals surface area contributed by atoms with Crippen molar-refractivity contribution in [1.82, 2.24) is 9.30 Å². The minimum absolute atomic E-state index is 0.181. The Bertz CT molecular complexity index is 736. The van der Waals surface area contributed by atoms with Crippen LogP contribution in [0.15, 0.2) is 22.8 Å². The number of hydrogen-bond acceptors (Lipinski definition) is 3. The zero-order valence-corrected chi connectivity index (χ0v) is 17.0. The Morgan fingerprint density at radius 3 is 2.52 bits per heavy atom. The van der Waals surface area contributed by atoms with Crippen molar-refractivity contribution in [2.45, 2.75) is 40.2 Å². The maximum atomic E-state index is 11.7. The van der Waals surface area contributed by atoms with Gasteiger partial charge >= 0.3 is 5.97 Å². The molecular weight excluding hydrogens is 384 g/mol. The summed E-state index contributed by atoms with van der Waals surface area (Å²) in [5.41, 5.74) is 3.19. The zero-order valence-electron chi connectivity index (χ0n) is 15.4. The zero-order chi connectivity index (χ0) is 18.6. The predicted molar refractivity (Wildman–Crippen MR) is 104 cm³/mol. The van der Waals surface area contributed by atoms with E-state index >= 15 is 0 Å². The van der Waals surface area contributed by atoms with E-state index in [4.69, 9.17) is 4.74 Å². The van der Waals surface area contributed by atoms with Gasteiger partial charge in [-0.25, -0.2) is 4.79 Å². The van der Waals surface area contributed by atoms with Crippen LogP contribution in [-0.4, -0.2) is 46.7 Å². The topological polar surface area (TPSA) is 54.2 Å². The molecule has 0 aliphatic carbocycles. The molecule has 25 heavy (non-hydrogen) atoms. The van der Waals surface area contributed by atoms with E-state index < -0.39 is 5.97 Å². The number of carboxylic acid groups (broad SMARTS) is 1. The van der Waals surface area contributed by atoms with Gasteiger partial charge in [0.05, 0.1) is 24.8 Å². The first-order valence-electron chi connectivity index (χ1n) is 8.89. The van der Waals surface area contributed by atoms with Gasteiger partial charge in [-0.1, -0.05) is 20.8 Å². The summed E-state index contributed by atoms with van der Waals surface area (Å²) in [6.45, 7) is 11.3. The van der Waals surface area contributed by atoms with E-state index in [1.165, 1.54) is 0 Å². The Hall–Kier alpha value is -1.37. The van der Waals surface area contributed by atoms with Gasteiger partial charge in [-0.2, -0.15) is 0 Å². The van der Waals surface area contributed by atoms with Gasteiger partial charge in [-0.3, -0.25) is 4.90 Å². The van der Waals surface area contributed by atoms with Gasteiger partial charge < -0.3 is 14.2 Å². The highest BCUT2D eigenvalue weighted by Crippen LogP contribution is 2.32. The molecule has 1 aliphatic heterocycles. The van der Waals surface area contributed by atoms with E-state index in [0.29, 0.717) is 5.56 Å². The van der Waals surface area contributed by atoms with Crippen LogP contribution in [0.3, 0.4) is 0 Å². The molecule has 1 atom stereocenters. The number of ether oxygens (including phenoxy) is 1. The van der Waals surface area contributed by atoms with E-state index in [1.54, 1.807) is 6.07 Å². The van der Waals surface area contributed by atoms with Gasteiger partial charge in [0.25, 0.3) is 0 Å². The third kappa shape index (κ3) is 4.07. The fourth-order valence-corrected chi connectivity index (χ4v) is 3.93. The Morgan fingerprint density at radius 2 is 1.96 bits per heavy atom. The monoisotopic (exact) mass is 410 g/mol. The molecule has 2 aromatic rings. The first-order valence-corrected chi connectivity index (χ1v) is 9.68. The summed E-state index contributed by atoms with van der Waals surface area (Å²) in [7, 11) is 0. The molecule has 2 aromatic heterocycles. The second kappa shape index (κ2) is 8.83. The van der Waals surface area contributed by atoms with Crippen molar-refractivity contribution in [2.75, 3.05) is 26.3 Å². The van der Waals surface area contributed by atoms with E-state index in [9.17, 15) is 9.90 Å². The van der Waals surface area contributed by atoms with Gasteiger partial charge in [0.2, 0.25) is 0 Å². The minimum Gasteiger partial charge on any atom is -0.478 e. The third-order valence-electron chi connectivity index (χ3n) is 4.58. The number of nitrogens with zero attached hydrogens (tertiary/aromatic N) is 2. The summed E-state index contributed by atoms with van der Waals surface area (Å²) in [6, 6.07) is 3.89. The number of hydrogen-bond donors (Lipinski definition) is 1. The molecule has 6 heteroatoms. The summed E-state index contributed by atoms with van der Waals surface area (Å²) in [6.07, 6.45) is 2.95.